The maximum atomic E-state index is 12.1. The molecule has 0 fully saturated rings. The molecule has 0 atom stereocenters. The number of hydrogen-bond acceptors (Lipinski definition) is 4. The summed E-state index contributed by atoms with van der Waals surface area (Å²) >= 11 is 0. The van der Waals surface area contributed by atoms with Crippen LogP contribution in [0.15, 0.2) is 18.2 Å². The molecule has 0 unspecified atom stereocenters. The summed E-state index contributed by atoms with van der Waals surface area (Å²) in [5, 5.41) is 3.04. The molecule has 0 aliphatic carbocycles. The van der Waals surface area contributed by atoms with Crippen molar-refractivity contribution in [1.29, 1.82) is 0 Å². The van der Waals surface area contributed by atoms with E-state index >= 15 is 0 Å². The van der Waals surface area contributed by atoms with E-state index in [2.05, 4.69) is 5.32 Å². The normalized spacial score (nSPS) is 15.8. The molecule has 1 aliphatic heterocycles. The molecule has 1 N–H and O–H groups in total. The van der Waals surface area contributed by atoms with Crippen molar-refractivity contribution in [2.75, 3.05) is 27.4 Å². The highest BCUT2D eigenvalue weighted by Crippen LogP contribution is 2.37. The van der Waals surface area contributed by atoms with Gasteiger partial charge in [0.2, 0.25) is 0 Å². The van der Waals surface area contributed by atoms with Gasteiger partial charge in [0, 0.05) is 38.6 Å². The van der Waals surface area contributed by atoms with Crippen molar-refractivity contribution in [2.24, 2.45) is 0 Å². The van der Waals surface area contributed by atoms with Gasteiger partial charge < -0.3 is 14.8 Å². The lowest BCUT2D eigenvalue weighted by atomic mass is 9.84. The number of rotatable bonds is 7. The van der Waals surface area contributed by atoms with Gasteiger partial charge in [-0.15, -0.1) is 0 Å². The van der Waals surface area contributed by atoms with Gasteiger partial charge in [0.25, 0.3) is 5.91 Å². The second-order valence-corrected chi connectivity index (χ2v) is 4.94. The number of hydrogen-bond donors (Lipinski definition) is 1. The lowest BCUT2D eigenvalue weighted by molar-refractivity contribution is 0.0851. The molecule has 0 bridgehead atoms. The fourth-order valence-corrected chi connectivity index (χ4v) is 2.65. The second-order valence-electron chi connectivity index (χ2n) is 4.94. The van der Waals surface area contributed by atoms with E-state index in [1.165, 1.54) is 0 Å². The van der Waals surface area contributed by atoms with E-state index in [9.17, 15) is 9.59 Å². The van der Waals surface area contributed by atoms with Gasteiger partial charge >= 0.3 is 0 Å². The van der Waals surface area contributed by atoms with Crippen molar-refractivity contribution in [3.8, 4) is 0 Å². The first-order valence-electron chi connectivity index (χ1n) is 6.57. The lowest BCUT2D eigenvalue weighted by Gasteiger charge is -2.30. The standard InChI is InChI=1S/C15H19NO4/c1-19-7-5-15(6-8-20-2)13-9-11(10-17)3-4-12(13)14(18)16-15/h3-4,9-10H,5-8H2,1-2H3,(H,16,18). The van der Waals surface area contributed by atoms with Crippen molar-refractivity contribution < 1.29 is 19.1 Å². The number of amides is 1. The summed E-state index contributed by atoms with van der Waals surface area (Å²) in [5.41, 5.74) is 1.54. The number of nitrogens with one attached hydrogen (secondary N) is 1. The SMILES string of the molecule is COCCC1(CCOC)NC(=O)c2ccc(C=O)cc21. The molecular weight excluding hydrogens is 258 g/mol. The molecule has 1 aromatic rings. The minimum atomic E-state index is -0.516. The van der Waals surface area contributed by atoms with Gasteiger partial charge in [-0.3, -0.25) is 9.59 Å². The summed E-state index contributed by atoms with van der Waals surface area (Å²) in [6.45, 7) is 1.05. The Hall–Kier alpha value is -1.72. The van der Waals surface area contributed by atoms with Gasteiger partial charge in [-0.25, -0.2) is 0 Å². The molecule has 1 aromatic carbocycles. The number of benzene rings is 1. The topological polar surface area (TPSA) is 64.6 Å². The molecule has 20 heavy (non-hydrogen) atoms. The Morgan fingerprint density at radius 1 is 1.20 bits per heavy atom. The van der Waals surface area contributed by atoms with Gasteiger partial charge in [0.05, 0.1) is 5.54 Å². The van der Waals surface area contributed by atoms with E-state index in [0.29, 0.717) is 37.2 Å². The summed E-state index contributed by atoms with van der Waals surface area (Å²) in [4.78, 5) is 23.1. The third-order valence-corrected chi connectivity index (χ3v) is 3.76. The minimum Gasteiger partial charge on any atom is -0.385 e. The molecule has 1 aliphatic rings. The largest absolute Gasteiger partial charge is 0.385 e. The number of fused-ring (bicyclic) bond motifs is 1. The summed E-state index contributed by atoms with van der Waals surface area (Å²) in [5.74, 6) is -0.107. The minimum absolute atomic E-state index is 0.107. The van der Waals surface area contributed by atoms with Crippen LogP contribution < -0.4 is 5.32 Å². The molecule has 0 saturated carbocycles. The van der Waals surface area contributed by atoms with E-state index in [1.807, 2.05) is 0 Å². The molecular formula is C15H19NO4. The highest BCUT2D eigenvalue weighted by Gasteiger charge is 2.42. The first kappa shape index (κ1) is 14.7. The van der Waals surface area contributed by atoms with Crippen LogP contribution in [0, 0.1) is 0 Å². The molecule has 5 nitrogen and oxygen atoms in total. The molecule has 2 rings (SSSR count). The van der Waals surface area contributed by atoms with Crippen LogP contribution in [0.2, 0.25) is 0 Å². The monoisotopic (exact) mass is 277 g/mol. The number of aldehydes is 1. The molecule has 1 amide bonds. The average Bonchev–Trinajstić information content (AvgIpc) is 2.75. The fourth-order valence-electron chi connectivity index (χ4n) is 2.65. The molecule has 108 valence electrons. The smallest absolute Gasteiger partial charge is 0.252 e. The second kappa shape index (κ2) is 6.15. The highest BCUT2D eigenvalue weighted by molar-refractivity contribution is 6.00. The van der Waals surface area contributed by atoms with Gasteiger partial charge in [0.15, 0.2) is 0 Å². The van der Waals surface area contributed by atoms with E-state index in [0.717, 1.165) is 11.8 Å². The number of ether oxygens (including phenoxy) is 2. The predicted octanol–water partition coefficient (Wildman–Crippen LogP) is 1.51. The Morgan fingerprint density at radius 2 is 1.85 bits per heavy atom. The molecule has 1 heterocycles. The van der Waals surface area contributed by atoms with Crippen LogP contribution in [0.5, 0.6) is 0 Å². The zero-order chi connectivity index (χ0) is 14.6. The van der Waals surface area contributed by atoms with Crippen molar-refractivity contribution >= 4 is 12.2 Å². The van der Waals surface area contributed by atoms with Crippen LogP contribution in [-0.2, 0) is 15.0 Å². The van der Waals surface area contributed by atoms with Crippen molar-refractivity contribution in [1.82, 2.24) is 5.32 Å². The van der Waals surface area contributed by atoms with E-state index in [-0.39, 0.29) is 5.91 Å². The molecule has 0 saturated heterocycles. The van der Waals surface area contributed by atoms with Gasteiger partial charge in [-0.1, -0.05) is 6.07 Å². The molecule has 0 radical (unpaired) electrons. The summed E-state index contributed by atoms with van der Waals surface area (Å²) in [6, 6.07) is 5.15. The molecule has 5 heteroatoms. The van der Waals surface area contributed by atoms with E-state index in [4.69, 9.17) is 9.47 Å². The maximum Gasteiger partial charge on any atom is 0.252 e. The summed E-state index contributed by atoms with van der Waals surface area (Å²) < 4.78 is 10.3. The predicted molar refractivity (Wildman–Crippen MR) is 74.0 cm³/mol. The van der Waals surface area contributed by atoms with Crippen LogP contribution in [0.25, 0.3) is 0 Å². The van der Waals surface area contributed by atoms with Crippen molar-refractivity contribution in [2.45, 2.75) is 18.4 Å². The molecule has 0 aromatic heterocycles. The van der Waals surface area contributed by atoms with Gasteiger partial charge in [0.1, 0.15) is 6.29 Å². The Bertz CT molecular complexity index is 505. The first-order valence-corrected chi connectivity index (χ1v) is 6.57. The summed E-state index contributed by atoms with van der Waals surface area (Å²) in [7, 11) is 3.26. The third kappa shape index (κ3) is 2.59. The number of carbonyl (C=O) groups is 2. The number of methoxy groups -OCH3 is 2. The van der Waals surface area contributed by atoms with Crippen LogP contribution in [0.3, 0.4) is 0 Å². The number of carbonyl (C=O) groups excluding carboxylic acids is 2. The quantitative estimate of drug-likeness (QED) is 0.767. The van der Waals surface area contributed by atoms with Gasteiger partial charge in [-0.05, 0) is 30.5 Å². The zero-order valence-corrected chi connectivity index (χ0v) is 11.8. The van der Waals surface area contributed by atoms with Crippen molar-refractivity contribution in [3.63, 3.8) is 0 Å². The first-order chi connectivity index (χ1) is 9.66. The van der Waals surface area contributed by atoms with Crippen LogP contribution in [0.1, 0.15) is 39.1 Å². The van der Waals surface area contributed by atoms with Crippen LogP contribution >= 0.6 is 0 Å². The molecule has 0 spiro atoms. The Kier molecular flexibility index (Phi) is 4.52. The van der Waals surface area contributed by atoms with Crippen molar-refractivity contribution in [3.05, 3.63) is 34.9 Å². The van der Waals surface area contributed by atoms with Gasteiger partial charge in [-0.2, -0.15) is 0 Å². The van der Waals surface area contributed by atoms with Crippen LogP contribution in [-0.4, -0.2) is 39.6 Å². The Balaban J connectivity index is 2.43. The summed E-state index contributed by atoms with van der Waals surface area (Å²) in [6.07, 6.45) is 2.09. The van der Waals surface area contributed by atoms with E-state index in [1.54, 1.807) is 32.4 Å². The maximum absolute atomic E-state index is 12.1. The Labute approximate surface area is 118 Å². The zero-order valence-electron chi connectivity index (χ0n) is 11.8. The highest BCUT2D eigenvalue weighted by atomic mass is 16.5. The van der Waals surface area contributed by atoms with E-state index < -0.39 is 5.54 Å². The third-order valence-electron chi connectivity index (χ3n) is 3.76. The average molecular weight is 277 g/mol. The lowest BCUT2D eigenvalue weighted by Crippen LogP contribution is -2.41. The fraction of sp³-hybridized carbons (Fsp3) is 0.467. The van der Waals surface area contributed by atoms with Crippen LogP contribution in [0.4, 0.5) is 0 Å². The Morgan fingerprint density at radius 3 is 2.40 bits per heavy atom.